The molecule has 11 heteroatoms. The van der Waals surface area contributed by atoms with Crippen LogP contribution in [0.15, 0.2) is 36.4 Å². The van der Waals surface area contributed by atoms with Crippen molar-refractivity contribution in [3.8, 4) is 5.75 Å². The average Bonchev–Trinajstić information content (AvgIpc) is 3.01. The van der Waals surface area contributed by atoms with Crippen molar-refractivity contribution in [3.63, 3.8) is 0 Å². The van der Waals surface area contributed by atoms with Gasteiger partial charge >= 0.3 is 17.9 Å². The Kier molecular flexibility index (Phi) is 20.8. The topological polar surface area (TPSA) is 188 Å². The molecule has 1 rings (SSSR count). The van der Waals surface area contributed by atoms with E-state index >= 15 is 0 Å². The van der Waals surface area contributed by atoms with E-state index in [0.717, 1.165) is 44.6 Å². The predicted octanol–water partition coefficient (Wildman–Crippen LogP) is 6.35. The molecule has 5 N–H and O–H groups in total. The third-order valence-corrected chi connectivity index (χ3v) is 8.24. The van der Waals surface area contributed by atoms with E-state index in [9.17, 15) is 44.4 Å². The van der Waals surface area contributed by atoms with Gasteiger partial charge in [0.2, 0.25) is 5.91 Å². The molecule has 0 radical (unpaired) electrons. The van der Waals surface area contributed by atoms with Crippen LogP contribution < -0.4 is 10.1 Å². The minimum absolute atomic E-state index is 0.143. The summed E-state index contributed by atoms with van der Waals surface area (Å²) in [5.41, 5.74) is -2.45. The Morgan fingerprint density at radius 3 is 1.98 bits per heavy atom. The molecule has 0 aromatic heterocycles. The van der Waals surface area contributed by atoms with E-state index in [2.05, 4.69) is 26.1 Å². The van der Waals surface area contributed by atoms with Crippen molar-refractivity contribution in [2.24, 2.45) is 11.8 Å². The minimum Gasteiger partial charge on any atom is -0.494 e. The lowest BCUT2D eigenvalue weighted by Crippen LogP contribution is -2.55. The van der Waals surface area contributed by atoms with Crippen LogP contribution in [0.2, 0.25) is 0 Å². The zero-order valence-corrected chi connectivity index (χ0v) is 29.0. The number of carbonyl (C=O) groups excluding carboxylic acids is 2. The van der Waals surface area contributed by atoms with E-state index in [1.165, 1.54) is 31.8 Å². The number of carbonyl (C=O) groups is 5. The number of hydrogen-bond donors (Lipinski definition) is 5. The molecule has 1 aromatic carbocycles. The molecular weight excluding hydrogens is 618 g/mol. The van der Waals surface area contributed by atoms with Crippen molar-refractivity contribution in [1.82, 2.24) is 5.32 Å². The van der Waals surface area contributed by atoms with Crippen LogP contribution >= 0.6 is 0 Å². The van der Waals surface area contributed by atoms with Gasteiger partial charge in [0, 0.05) is 19.3 Å². The molecule has 3 atom stereocenters. The summed E-state index contributed by atoms with van der Waals surface area (Å²) in [4.78, 5) is 61.0. The molecule has 0 aliphatic rings. The number of nitrogens with one attached hydrogen (secondary N) is 1. The molecule has 0 aliphatic heterocycles. The number of unbranched alkanes of at least 4 members (excludes halogenated alkanes) is 9. The number of ether oxygens (including phenoxy) is 1. The Balaban J connectivity index is 2.78. The molecule has 0 spiro atoms. The van der Waals surface area contributed by atoms with Crippen LogP contribution in [-0.4, -0.2) is 68.3 Å². The molecular formula is C37H57NO10. The van der Waals surface area contributed by atoms with Crippen LogP contribution in [0, 0.1) is 11.8 Å². The number of aliphatic hydroxyl groups is 1. The standard InChI is InChI=1S/C37H57NO10/c1-4-5-6-7-10-13-16-29(39)17-14-11-8-9-12-15-18-31(37(47,36(45)46)26-33(40)41)34(42)38-32(35(43)44)25-28-19-21-30(22-20-28)48-24-23-27(2)3/h15,18-22,27,31-32,47H,4-14,16-17,23-26H2,1-3H3,(H,38,42)(H,40,41)(H,43,44)(H,45,46)/b18-15+. The zero-order chi connectivity index (χ0) is 36.0. The molecule has 0 heterocycles. The Morgan fingerprint density at radius 2 is 1.44 bits per heavy atom. The van der Waals surface area contributed by atoms with E-state index in [1.807, 2.05) is 0 Å². The first-order valence-corrected chi connectivity index (χ1v) is 17.4. The van der Waals surface area contributed by atoms with Crippen LogP contribution in [0.5, 0.6) is 5.75 Å². The first kappa shape index (κ1) is 42.3. The second kappa shape index (κ2) is 23.6. The maximum atomic E-state index is 13.3. The molecule has 0 aliphatic carbocycles. The van der Waals surface area contributed by atoms with Gasteiger partial charge in [-0.15, -0.1) is 0 Å². The van der Waals surface area contributed by atoms with Crippen LogP contribution in [0.25, 0.3) is 0 Å². The summed E-state index contributed by atoms with van der Waals surface area (Å²) < 4.78 is 5.68. The molecule has 1 aromatic rings. The number of rotatable bonds is 28. The molecule has 1 amide bonds. The molecule has 3 unspecified atom stereocenters. The van der Waals surface area contributed by atoms with Crippen molar-refractivity contribution in [2.75, 3.05) is 6.61 Å². The fourth-order valence-corrected chi connectivity index (χ4v) is 5.24. The number of ketones is 1. The van der Waals surface area contributed by atoms with Crippen molar-refractivity contribution >= 4 is 29.6 Å². The van der Waals surface area contributed by atoms with Gasteiger partial charge < -0.3 is 30.5 Å². The lowest BCUT2D eigenvalue weighted by molar-refractivity contribution is -0.172. The summed E-state index contributed by atoms with van der Waals surface area (Å²) in [5, 5.41) is 42.1. The molecule has 0 saturated carbocycles. The lowest BCUT2D eigenvalue weighted by atomic mass is 9.82. The van der Waals surface area contributed by atoms with E-state index in [1.54, 1.807) is 24.3 Å². The number of amides is 1. The molecule has 270 valence electrons. The van der Waals surface area contributed by atoms with E-state index in [4.69, 9.17) is 4.74 Å². The molecule has 0 bridgehead atoms. The maximum absolute atomic E-state index is 13.3. The fourth-order valence-electron chi connectivity index (χ4n) is 5.24. The zero-order valence-electron chi connectivity index (χ0n) is 29.0. The summed E-state index contributed by atoms with van der Waals surface area (Å²) in [6, 6.07) is 5.22. The monoisotopic (exact) mass is 675 g/mol. The number of benzene rings is 1. The number of Topliss-reactive ketones (excluding diaryl/α,β-unsaturated/α-hetero) is 1. The molecule has 0 fully saturated rings. The van der Waals surface area contributed by atoms with Crippen molar-refractivity contribution < 1.29 is 49.1 Å². The number of carboxylic acids is 3. The van der Waals surface area contributed by atoms with Crippen LogP contribution in [-0.2, 0) is 30.4 Å². The number of carboxylic acid groups (broad SMARTS) is 3. The Bertz CT molecular complexity index is 1160. The number of allylic oxidation sites excluding steroid dienone is 1. The van der Waals surface area contributed by atoms with Gasteiger partial charge in [-0.05, 0) is 55.7 Å². The average molecular weight is 676 g/mol. The van der Waals surface area contributed by atoms with Gasteiger partial charge in [0.25, 0.3) is 0 Å². The van der Waals surface area contributed by atoms with Crippen LogP contribution in [0.1, 0.15) is 123 Å². The first-order valence-electron chi connectivity index (χ1n) is 17.4. The Labute approximate surface area is 285 Å². The van der Waals surface area contributed by atoms with Gasteiger partial charge in [0.1, 0.15) is 17.6 Å². The van der Waals surface area contributed by atoms with E-state index in [0.29, 0.717) is 49.5 Å². The molecule has 0 saturated heterocycles. The number of hydrogen-bond acceptors (Lipinski definition) is 7. The summed E-state index contributed by atoms with van der Waals surface area (Å²) >= 11 is 0. The summed E-state index contributed by atoms with van der Waals surface area (Å²) in [6.45, 7) is 6.86. The highest BCUT2D eigenvalue weighted by Crippen LogP contribution is 2.26. The number of aliphatic carboxylic acids is 3. The molecule has 11 nitrogen and oxygen atoms in total. The summed E-state index contributed by atoms with van der Waals surface area (Å²) in [7, 11) is 0. The van der Waals surface area contributed by atoms with Crippen LogP contribution in [0.4, 0.5) is 0 Å². The van der Waals surface area contributed by atoms with Crippen molar-refractivity contribution in [1.29, 1.82) is 0 Å². The van der Waals surface area contributed by atoms with Gasteiger partial charge in [0.05, 0.1) is 18.9 Å². The second-order valence-electron chi connectivity index (χ2n) is 13.0. The third-order valence-electron chi connectivity index (χ3n) is 8.24. The van der Waals surface area contributed by atoms with E-state index < -0.39 is 47.8 Å². The maximum Gasteiger partial charge on any atom is 0.337 e. The lowest BCUT2D eigenvalue weighted by Gasteiger charge is -2.29. The van der Waals surface area contributed by atoms with Crippen molar-refractivity contribution in [2.45, 2.75) is 135 Å². The highest BCUT2D eigenvalue weighted by molar-refractivity contribution is 5.94. The third kappa shape index (κ3) is 17.4. The van der Waals surface area contributed by atoms with Gasteiger partial charge in [-0.25, -0.2) is 9.59 Å². The van der Waals surface area contributed by atoms with Gasteiger partial charge in [0.15, 0.2) is 5.60 Å². The second-order valence-corrected chi connectivity index (χ2v) is 13.0. The quantitative estimate of drug-likeness (QED) is 0.0495. The SMILES string of the molecule is CCCCCCCCC(=O)CCCCCC/C=C/C(C(=O)NC(Cc1ccc(OCCC(C)C)cc1)C(=O)O)C(O)(CC(=O)O)C(=O)O. The van der Waals surface area contributed by atoms with Crippen LogP contribution in [0.3, 0.4) is 0 Å². The highest BCUT2D eigenvalue weighted by atomic mass is 16.5. The molecule has 48 heavy (non-hydrogen) atoms. The Morgan fingerprint density at radius 1 is 0.854 bits per heavy atom. The summed E-state index contributed by atoms with van der Waals surface area (Å²) in [6.07, 6.45) is 13.5. The largest absolute Gasteiger partial charge is 0.494 e. The smallest absolute Gasteiger partial charge is 0.337 e. The summed E-state index contributed by atoms with van der Waals surface area (Å²) in [5.74, 6) is -6.57. The normalized spacial score (nSPS) is 13.9. The van der Waals surface area contributed by atoms with Gasteiger partial charge in [-0.1, -0.05) is 90.0 Å². The fraction of sp³-hybridized carbons (Fsp3) is 0.649. The van der Waals surface area contributed by atoms with Crippen molar-refractivity contribution in [3.05, 3.63) is 42.0 Å². The van der Waals surface area contributed by atoms with Gasteiger partial charge in [-0.2, -0.15) is 0 Å². The highest BCUT2D eigenvalue weighted by Gasteiger charge is 2.49. The van der Waals surface area contributed by atoms with Gasteiger partial charge in [-0.3, -0.25) is 14.4 Å². The predicted molar refractivity (Wildman–Crippen MR) is 183 cm³/mol. The first-order chi connectivity index (χ1) is 22.8. The van der Waals surface area contributed by atoms with E-state index in [-0.39, 0.29) is 12.2 Å². The Hall–Kier alpha value is -3.73. The minimum atomic E-state index is -3.01.